The largest absolute Gasteiger partial charge is 0.475 e. The molecule has 2 unspecified atom stereocenters. The van der Waals surface area contributed by atoms with E-state index in [1.807, 2.05) is 0 Å². The normalized spacial score (nSPS) is 32.1. The molecule has 1 saturated carbocycles. The van der Waals surface area contributed by atoms with Crippen LogP contribution in [0.5, 0.6) is 0 Å². The number of amides is 2. The SMILES string of the molecule is CC(C)C(=O)Nc1nc2c(ncn2[C@@H]2O[C@@H]3COP(=O)(OCCC#N)O[C@H]4[C@H](n5cnc6c(NC(=O)c7ccccc7)ncnc65)O[C@H](COP(=O)(O)O[C@H]3[C@H]2O)[C@]42CC2(F)F)c(=O)[nH]1. The van der Waals surface area contributed by atoms with Gasteiger partial charge >= 0.3 is 15.6 Å². The zero-order valence-corrected chi connectivity index (χ0v) is 35.6. The maximum atomic E-state index is 15.9. The third-order valence-corrected chi connectivity index (χ3v) is 13.6. The maximum Gasteiger partial charge on any atom is 0.475 e. The van der Waals surface area contributed by atoms with E-state index in [0.717, 1.165) is 28.1 Å². The van der Waals surface area contributed by atoms with Gasteiger partial charge in [0, 0.05) is 17.9 Å². The molecular weight excluding hydrogens is 910 g/mol. The Morgan fingerprint density at radius 2 is 1.74 bits per heavy atom. The van der Waals surface area contributed by atoms with Gasteiger partial charge in [-0.05, 0) is 12.1 Å². The highest BCUT2D eigenvalue weighted by molar-refractivity contribution is 7.48. The number of halogens is 2. The summed E-state index contributed by atoms with van der Waals surface area (Å²) < 4.78 is 103. The third-order valence-electron chi connectivity index (χ3n) is 11.1. The van der Waals surface area contributed by atoms with Crippen LogP contribution in [-0.2, 0) is 46.0 Å². The van der Waals surface area contributed by atoms with E-state index in [2.05, 4.69) is 40.5 Å². The molecule has 1 aliphatic carbocycles. The van der Waals surface area contributed by atoms with Gasteiger partial charge in [-0.1, -0.05) is 32.0 Å². The minimum atomic E-state index is -5.39. The number of imidazole rings is 2. The van der Waals surface area contributed by atoms with Crippen molar-refractivity contribution in [1.82, 2.24) is 39.0 Å². The number of nitrogens with one attached hydrogen (secondary N) is 3. The molecule has 3 saturated heterocycles. The number of alkyl halides is 2. The first-order valence-electron chi connectivity index (χ1n) is 19.7. The predicted molar refractivity (Wildman–Crippen MR) is 212 cm³/mol. The lowest BCUT2D eigenvalue weighted by molar-refractivity contribution is -0.118. The molecule has 65 heavy (non-hydrogen) atoms. The molecular formula is C36H37F2N11O14P2. The minimum absolute atomic E-state index is 0.0256. The standard InChI is InChI=1S/C36H37F2N11O14P2/c1-17(2)29(51)46-34-45-28-22(31(53)47-34)43-16-49(28)32-23(50)24-19(60-32)11-59-65(56,57-10-6-9-39)63-25-33(61-20(12-58-64(54,55)62-24)35(25)13-36(35,37)38)48-15-42-21-26(40-14-41-27(21)48)44-30(52)18-7-4-3-5-8-18/h3-5,7-8,14-17,19-20,23-25,32-33,50H,6,10-13H2,1-2H3,(H,54,55)(H,40,41,44,52)(H2,45,46,47,51,53)/t19-,20-,23-,24-,25+,32-,33-,35-,65?/m1/s1. The van der Waals surface area contributed by atoms with Crippen LogP contribution in [0.25, 0.3) is 22.3 Å². The van der Waals surface area contributed by atoms with E-state index in [0.29, 0.717) is 0 Å². The summed E-state index contributed by atoms with van der Waals surface area (Å²) in [5.41, 5.74) is -3.53. The van der Waals surface area contributed by atoms with Crippen molar-refractivity contribution in [3.05, 3.63) is 65.2 Å². The smallest absolute Gasteiger partial charge is 0.386 e. The number of fused-ring (bicyclic) bond motifs is 3. The number of aromatic amines is 1. The number of hydrogen-bond donors (Lipinski definition) is 5. The first-order valence-corrected chi connectivity index (χ1v) is 22.7. The molecule has 4 aliphatic rings. The van der Waals surface area contributed by atoms with Gasteiger partial charge in [0.05, 0.1) is 56.5 Å². The topological polar surface area (TPSA) is 328 Å². The molecule has 5 N–H and O–H groups in total. The fourth-order valence-corrected chi connectivity index (χ4v) is 10.2. The molecule has 1 aromatic carbocycles. The molecule has 9 rings (SSSR count). The Balaban J connectivity index is 1.07. The summed E-state index contributed by atoms with van der Waals surface area (Å²) in [7, 11) is -10.6. The number of phosphoric ester groups is 2. The summed E-state index contributed by atoms with van der Waals surface area (Å²) in [4.78, 5) is 72.8. The number of nitriles is 1. The van der Waals surface area contributed by atoms with E-state index in [4.69, 9.17) is 32.1 Å². The van der Waals surface area contributed by atoms with E-state index in [9.17, 15) is 38.8 Å². The summed E-state index contributed by atoms with van der Waals surface area (Å²) in [6, 6.07) is 9.92. The van der Waals surface area contributed by atoms with Crippen LogP contribution in [0, 0.1) is 22.7 Å². The highest BCUT2D eigenvalue weighted by atomic mass is 31.2. The van der Waals surface area contributed by atoms with E-state index in [1.165, 1.54) is 0 Å². The van der Waals surface area contributed by atoms with Gasteiger partial charge in [-0.2, -0.15) is 10.2 Å². The van der Waals surface area contributed by atoms with Gasteiger partial charge in [0.1, 0.15) is 30.7 Å². The van der Waals surface area contributed by atoms with Crippen LogP contribution in [0.15, 0.2) is 54.1 Å². The number of hydrogen-bond acceptors (Lipinski definition) is 19. The number of carbonyl (C=O) groups is 2. The average Bonchev–Trinajstić information content (AvgIpc) is 3.77. The Labute approximate surface area is 363 Å². The van der Waals surface area contributed by atoms with Crippen LogP contribution in [0.1, 0.15) is 49.5 Å². The van der Waals surface area contributed by atoms with Crippen molar-refractivity contribution in [2.24, 2.45) is 11.3 Å². The summed E-state index contributed by atoms with van der Waals surface area (Å²) in [6.07, 6.45) is -10.8. The number of phosphoric acid groups is 2. The molecule has 5 aromatic rings. The molecule has 25 nitrogen and oxygen atoms in total. The van der Waals surface area contributed by atoms with Gasteiger partial charge in [-0.15, -0.1) is 0 Å². The van der Waals surface area contributed by atoms with E-state index in [-0.39, 0.29) is 46.1 Å². The second kappa shape index (κ2) is 16.7. The molecule has 10 atom stereocenters. The van der Waals surface area contributed by atoms with Crippen molar-refractivity contribution in [3.8, 4) is 6.07 Å². The van der Waals surface area contributed by atoms with Gasteiger partial charge in [-0.25, -0.2) is 37.8 Å². The molecule has 4 aromatic heterocycles. The molecule has 0 radical (unpaired) electrons. The van der Waals surface area contributed by atoms with Gasteiger partial charge in [-0.3, -0.25) is 56.4 Å². The molecule has 2 bridgehead atoms. The van der Waals surface area contributed by atoms with Crippen LogP contribution in [0.2, 0.25) is 0 Å². The molecule has 7 heterocycles. The summed E-state index contributed by atoms with van der Waals surface area (Å²) >= 11 is 0. The number of aromatic nitrogens is 8. The Bertz CT molecular complexity index is 2880. The number of benzene rings is 1. The van der Waals surface area contributed by atoms with Crippen LogP contribution < -0.4 is 16.2 Å². The fraction of sp³-hybridized carbons (Fsp3) is 0.472. The van der Waals surface area contributed by atoms with Gasteiger partial charge in [0.2, 0.25) is 11.9 Å². The number of rotatable bonds is 9. The number of anilines is 2. The first kappa shape index (κ1) is 44.7. The molecule has 3 aliphatic heterocycles. The van der Waals surface area contributed by atoms with Gasteiger partial charge in [0.25, 0.3) is 17.4 Å². The first-order chi connectivity index (χ1) is 30.9. The number of aliphatic hydroxyl groups is 1. The zero-order chi connectivity index (χ0) is 46.1. The van der Waals surface area contributed by atoms with Crippen molar-refractivity contribution < 1.29 is 69.6 Å². The van der Waals surface area contributed by atoms with Crippen molar-refractivity contribution in [1.29, 1.82) is 5.26 Å². The summed E-state index contributed by atoms with van der Waals surface area (Å²) in [5, 5.41) is 26.0. The third kappa shape index (κ3) is 8.14. The Morgan fingerprint density at radius 3 is 2.45 bits per heavy atom. The monoisotopic (exact) mass is 947 g/mol. The quantitative estimate of drug-likeness (QED) is 0.105. The van der Waals surface area contributed by atoms with Gasteiger partial charge < -0.3 is 24.8 Å². The lowest BCUT2D eigenvalue weighted by atomic mass is 9.94. The Kier molecular flexibility index (Phi) is 11.5. The zero-order valence-electron chi connectivity index (χ0n) is 33.8. The summed E-state index contributed by atoms with van der Waals surface area (Å²) in [6.45, 7) is 0.569. The molecule has 4 fully saturated rings. The molecule has 29 heteroatoms. The van der Waals surface area contributed by atoms with Crippen LogP contribution >= 0.6 is 15.6 Å². The Morgan fingerprint density at radius 1 is 1.02 bits per heavy atom. The van der Waals surface area contributed by atoms with Crippen molar-refractivity contribution >= 4 is 61.6 Å². The Hall–Kier alpha value is -5.49. The molecule has 1 spiro atoms. The van der Waals surface area contributed by atoms with Crippen LogP contribution in [-0.4, -0.2) is 117 Å². The number of ether oxygens (including phenoxy) is 2. The van der Waals surface area contributed by atoms with Crippen molar-refractivity contribution in [2.75, 3.05) is 30.5 Å². The number of H-pyrrole nitrogens is 1. The second-order valence-corrected chi connectivity index (χ2v) is 18.6. The van der Waals surface area contributed by atoms with E-state index < -0.39 is 119 Å². The minimum Gasteiger partial charge on any atom is -0.386 e. The van der Waals surface area contributed by atoms with Crippen LogP contribution in [0.4, 0.5) is 20.5 Å². The average molecular weight is 948 g/mol. The number of nitrogens with zero attached hydrogens (tertiary/aromatic N) is 8. The predicted octanol–water partition coefficient (Wildman–Crippen LogP) is 2.94. The molecule has 2 amide bonds. The fourth-order valence-electron chi connectivity index (χ4n) is 7.82. The molecule has 344 valence electrons. The van der Waals surface area contributed by atoms with E-state index >= 15 is 8.78 Å². The maximum absolute atomic E-state index is 15.9. The number of carbonyl (C=O) groups excluding carboxylic acids is 2. The highest BCUT2D eigenvalue weighted by Gasteiger charge is 2.84. The lowest BCUT2D eigenvalue weighted by Gasteiger charge is -2.29. The second-order valence-electron chi connectivity index (χ2n) is 15.6. The van der Waals surface area contributed by atoms with Crippen LogP contribution in [0.3, 0.4) is 0 Å². The highest BCUT2D eigenvalue weighted by Crippen LogP contribution is 2.74. The lowest BCUT2D eigenvalue weighted by Crippen LogP contribution is -2.37. The van der Waals surface area contributed by atoms with Crippen molar-refractivity contribution in [3.63, 3.8) is 0 Å². The van der Waals surface area contributed by atoms with Crippen molar-refractivity contribution in [2.45, 2.75) is 75.6 Å². The van der Waals surface area contributed by atoms with E-state index in [1.54, 1.807) is 50.2 Å². The number of aliphatic hydroxyl groups excluding tert-OH is 1. The van der Waals surface area contributed by atoms with Gasteiger partial charge in [0.15, 0.2) is 40.6 Å². The summed E-state index contributed by atoms with van der Waals surface area (Å²) in [5.74, 6) is -5.56.